The van der Waals surface area contributed by atoms with Crippen LogP contribution in [-0.2, 0) is 0 Å². The maximum atomic E-state index is 6.17. The number of rotatable bonds is 6. The van der Waals surface area contributed by atoms with Gasteiger partial charge in [-0.1, -0.05) is 18.5 Å². The van der Waals surface area contributed by atoms with Gasteiger partial charge in [0.1, 0.15) is 5.75 Å². The number of hydrogen-bond donors (Lipinski definition) is 1. The van der Waals surface area contributed by atoms with E-state index < -0.39 is 0 Å². The van der Waals surface area contributed by atoms with Crippen molar-refractivity contribution >= 4 is 17.3 Å². The Morgan fingerprint density at radius 3 is 2.75 bits per heavy atom. The number of likely N-dealkylation sites (N-methyl/N-ethyl adjacent to an activating group) is 2. The van der Waals surface area contributed by atoms with Crippen molar-refractivity contribution in [3.05, 3.63) is 23.2 Å². The van der Waals surface area contributed by atoms with E-state index in [0.29, 0.717) is 0 Å². The Morgan fingerprint density at radius 1 is 1.44 bits per heavy atom. The van der Waals surface area contributed by atoms with Gasteiger partial charge in [0.25, 0.3) is 0 Å². The molecule has 0 spiro atoms. The van der Waals surface area contributed by atoms with E-state index in [1.165, 1.54) is 0 Å². The molecule has 0 aromatic heterocycles. The van der Waals surface area contributed by atoms with Crippen LogP contribution in [-0.4, -0.2) is 33.8 Å². The van der Waals surface area contributed by atoms with Crippen LogP contribution in [0.2, 0.25) is 5.02 Å². The lowest BCUT2D eigenvalue weighted by Crippen LogP contribution is -2.29. The Balaban J connectivity index is 2.64. The van der Waals surface area contributed by atoms with Gasteiger partial charge >= 0.3 is 0 Å². The Bertz CT molecular complexity index is 331. The molecular weight excluding hydrogens is 224 g/mol. The van der Waals surface area contributed by atoms with E-state index in [1.807, 2.05) is 25.2 Å². The molecule has 0 radical (unpaired) electrons. The first-order valence-electron chi connectivity index (χ1n) is 5.44. The van der Waals surface area contributed by atoms with Crippen LogP contribution in [0.25, 0.3) is 0 Å². The standard InChI is InChI=1S/C12H19ClN2O/c1-4-14-7-8-15(2)12-6-5-10(16-3)9-11(12)13/h5-6,9,14H,4,7-8H2,1-3H3. The Hall–Kier alpha value is -0.930. The fourth-order valence-electron chi connectivity index (χ4n) is 1.47. The average molecular weight is 243 g/mol. The molecule has 0 bridgehead atoms. The van der Waals surface area contributed by atoms with Gasteiger partial charge in [-0.05, 0) is 18.7 Å². The van der Waals surface area contributed by atoms with Crippen LogP contribution in [0.15, 0.2) is 18.2 Å². The number of hydrogen-bond acceptors (Lipinski definition) is 3. The van der Waals surface area contributed by atoms with E-state index >= 15 is 0 Å². The van der Waals surface area contributed by atoms with Crippen LogP contribution in [0.3, 0.4) is 0 Å². The second kappa shape index (κ2) is 6.61. The molecule has 0 aliphatic carbocycles. The molecule has 1 rings (SSSR count). The normalized spacial score (nSPS) is 10.2. The summed E-state index contributed by atoms with van der Waals surface area (Å²) in [7, 11) is 3.67. The highest BCUT2D eigenvalue weighted by Crippen LogP contribution is 2.28. The molecule has 16 heavy (non-hydrogen) atoms. The molecule has 0 amide bonds. The van der Waals surface area contributed by atoms with Crippen LogP contribution in [0.5, 0.6) is 5.75 Å². The van der Waals surface area contributed by atoms with Crippen molar-refractivity contribution in [2.75, 3.05) is 38.7 Å². The summed E-state index contributed by atoms with van der Waals surface area (Å²) in [6.07, 6.45) is 0. The number of nitrogens with zero attached hydrogens (tertiary/aromatic N) is 1. The third-order valence-corrected chi connectivity index (χ3v) is 2.74. The summed E-state index contributed by atoms with van der Waals surface area (Å²) >= 11 is 6.17. The minimum atomic E-state index is 0.721. The topological polar surface area (TPSA) is 24.5 Å². The highest BCUT2D eigenvalue weighted by Gasteiger charge is 2.06. The fourth-order valence-corrected chi connectivity index (χ4v) is 1.78. The minimum Gasteiger partial charge on any atom is -0.497 e. The Morgan fingerprint density at radius 2 is 2.19 bits per heavy atom. The van der Waals surface area contributed by atoms with Crippen molar-refractivity contribution in [2.24, 2.45) is 0 Å². The third-order valence-electron chi connectivity index (χ3n) is 2.44. The molecule has 0 saturated heterocycles. The van der Waals surface area contributed by atoms with Gasteiger partial charge in [-0.15, -0.1) is 0 Å². The highest BCUT2D eigenvalue weighted by atomic mass is 35.5. The number of methoxy groups -OCH3 is 1. The second-order valence-corrected chi connectivity index (χ2v) is 4.00. The van der Waals surface area contributed by atoms with Crippen molar-refractivity contribution in [3.8, 4) is 5.75 Å². The van der Waals surface area contributed by atoms with Gasteiger partial charge in [0, 0.05) is 26.2 Å². The molecule has 0 saturated carbocycles. The van der Waals surface area contributed by atoms with E-state index in [-0.39, 0.29) is 0 Å². The Kier molecular flexibility index (Phi) is 5.43. The van der Waals surface area contributed by atoms with Gasteiger partial charge in [-0.25, -0.2) is 0 Å². The molecule has 90 valence electrons. The third kappa shape index (κ3) is 3.58. The summed E-state index contributed by atoms with van der Waals surface area (Å²) < 4.78 is 5.11. The molecule has 0 aliphatic heterocycles. The quantitative estimate of drug-likeness (QED) is 0.776. The predicted octanol–water partition coefficient (Wildman–Crippen LogP) is 2.39. The first-order chi connectivity index (χ1) is 7.69. The fraction of sp³-hybridized carbons (Fsp3) is 0.500. The van der Waals surface area contributed by atoms with Gasteiger partial charge in [0.15, 0.2) is 0 Å². The molecule has 0 aliphatic rings. The molecule has 0 unspecified atom stereocenters. The van der Waals surface area contributed by atoms with E-state index in [9.17, 15) is 0 Å². The monoisotopic (exact) mass is 242 g/mol. The number of halogens is 1. The average Bonchev–Trinajstić information content (AvgIpc) is 2.29. The maximum Gasteiger partial charge on any atom is 0.120 e. The largest absolute Gasteiger partial charge is 0.497 e. The highest BCUT2D eigenvalue weighted by molar-refractivity contribution is 6.33. The van der Waals surface area contributed by atoms with Crippen LogP contribution in [0, 0.1) is 0 Å². The van der Waals surface area contributed by atoms with E-state index in [0.717, 1.165) is 36.1 Å². The summed E-state index contributed by atoms with van der Waals surface area (Å²) in [5, 5.41) is 4.00. The maximum absolute atomic E-state index is 6.17. The number of ether oxygens (including phenoxy) is 1. The van der Waals surface area contributed by atoms with Crippen molar-refractivity contribution < 1.29 is 4.74 Å². The zero-order chi connectivity index (χ0) is 12.0. The number of benzene rings is 1. The van der Waals surface area contributed by atoms with Crippen LogP contribution >= 0.6 is 11.6 Å². The van der Waals surface area contributed by atoms with Crippen LogP contribution in [0.4, 0.5) is 5.69 Å². The number of nitrogens with one attached hydrogen (secondary N) is 1. The van der Waals surface area contributed by atoms with E-state index in [2.05, 4.69) is 17.1 Å². The molecule has 1 aromatic carbocycles. The summed E-state index contributed by atoms with van der Waals surface area (Å²) in [5.41, 5.74) is 1.03. The van der Waals surface area contributed by atoms with Gasteiger partial charge in [0.2, 0.25) is 0 Å². The molecule has 1 aromatic rings. The summed E-state index contributed by atoms with van der Waals surface area (Å²) in [6, 6.07) is 5.73. The smallest absolute Gasteiger partial charge is 0.120 e. The zero-order valence-corrected chi connectivity index (χ0v) is 10.8. The molecule has 0 atom stereocenters. The molecule has 1 N–H and O–H groups in total. The lowest BCUT2D eigenvalue weighted by atomic mass is 10.2. The SMILES string of the molecule is CCNCCN(C)c1ccc(OC)cc1Cl. The van der Waals surface area contributed by atoms with Gasteiger partial charge in [-0.2, -0.15) is 0 Å². The van der Waals surface area contributed by atoms with Crippen molar-refractivity contribution in [1.29, 1.82) is 0 Å². The summed E-state index contributed by atoms with van der Waals surface area (Å²) in [5.74, 6) is 0.786. The minimum absolute atomic E-state index is 0.721. The van der Waals surface area contributed by atoms with Crippen LogP contribution in [0.1, 0.15) is 6.92 Å². The second-order valence-electron chi connectivity index (χ2n) is 3.59. The predicted molar refractivity (Wildman–Crippen MR) is 69.8 cm³/mol. The van der Waals surface area contributed by atoms with Crippen LogP contribution < -0.4 is 15.0 Å². The first-order valence-corrected chi connectivity index (χ1v) is 5.82. The van der Waals surface area contributed by atoms with Crippen molar-refractivity contribution in [2.45, 2.75) is 6.92 Å². The molecule has 0 fully saturated rings. The summed E-state index contributed by atoms with van der Waals surface area (Å²) in [6.45, 7) is 4.97. The first kappa shape index (κ1) is 13.1. The van der Waals surface area contributed by atoms with E-state index in [4.69, 9.17) is 16.3 Å². The summed E-state index contributed by atoms with van der Waals surface area (Å²) in [4.78, 5) is 2.13. The van der Waals surface area contributed by atoms with Gasteiger partial charge < -0.3 is 15.0 Å². The molecular formula is C12H19ClN2O. The van der Waals surface area contributed by atoms with Gasteiger partial charge in [0.05, 0.1) is 17.8 Å². The molecule has 4 heteroatoms. The molecule has 3 nitrogen and oxygen atoms in total. The van der Waals surface area contributed by atoms with Gasteiger partial charge in [-0.3, -0.25) is 0 Å². The lowest BCUT2D eigenvalue weighted by molar-refractivity contribution is 0.415. The number of anilines is 1. The Labute approximate surface area is 102 Å². The molecule has 0 heterocycles. The lowest BCUT2D eigenvalue weighted by Gasteiger charge is -2.21. The van der Waals surface area contributed by atoms with E-state index in [1.54, 1.807) is 7.11 Å². The van der Waals surface area contributed by atoms with Crippen molar-refractivity contribution in [3.63, 3.8) is 0 Å². The van der Waals surface area contributed by atoms with Crippen molar-refractivity contribution in [1.82, 2.24) is 5.32 Å². The zero-order valence-electron chi connectivity index (χ0n) is 10.1.